The molecular formula is C13H16O2. The summed E-state index contributed by atoms with van der Waals surface area (Å²) in [6, 6.07) is 8.62. The first-order chi connectivity index (χ1) is 7.25. The highest BCUT2D eigenvalue weighted by Gasteiger charge is 2.41. The summed E-state index contributed by atoms with van der Waals surface area (Å²) >= 11 is 0. The van der Waals surface area contributed by atoms with Crippen LogP contribution in [-0.2, 0) is 15.9 Å². The minimum absolute atomic E-state index is 0.0597. The van der Waals surface area contributed by atoms with Crippen LogP contribution in [-0.4, -0.2) is 18.5 Å². The predicted octanol–water partition coefficient (Wildman–Crippen LogP) is 2.48. The lowest BCUT2D eigenvalue weighted by Crippen LogP contribution is -2.40. The molecule has 1 aromatic rings. The molecule has 1 aliphatic heterocycles. The highest BCUT2D eigenvalue weighted by molar-refractivity contribution is 5.38. The number of hydrogen-bond acceptors (Lipinski definition) is 2. The van der Waals surface area contributed by atoms with Gasteiger partial charge in [-0.05, 0) is 31.4 Å². The van der Waals surface area contributed by atoms with E-state index < -0.39 is 0 Å². The Kier molecular flexibility index (Phi) is 2.08. The van der Waals surface area contributed by atoms with E-state index in [2.05, 4.69) is 31.2 Å². The first-order valence-corrected chi connectivity index (χ1v) is 5.64. The molecule has 1 heterocycles. The van der Waals surface area contributed by atoms with Gasteiger partial charge in [0.1, 0.15) is 0 Å². The predicted molar refractivity (Wildman–Crippen MR) is 57.8 cm³/mol. The number of fused-ring (bicyclic) bond motifs is 3. The van der Waals surface area contributed by atoms with Crippen molar-refractivity contribution in [2.24, 2.45) is 0 Å². The van der Waals surface area contributed by atoms with E-state index >= 15 is 0 Å². The molecule has 1 saturated heterocycles. The third-order valence-electron chi connectivity index (χ3n) is 3.51. The number of hydrogen-bond donors (Lipinski definition) is 0. The molecule has 1 fully saturated rings. The quantitative estimate of drug-likeness (QED) is 0.646. The summed E-state index contributed by atoms with van der Waals surface area (Å²) in [5, 5.41) is 0. The van der Waals surface area contributed by atoms with Gasteiger partial charge in [-0.3, -0.25) is 0 Å². The lowest BCUT2D eigenvalue weighted by Gasteiger charge is -2.36. The molecule has 3 rings (SSSR count). The summed E-state index contributed by atoms with van der Waals surface area (Å²) in [5.41, 5.74) is 2.85. The Bertz CT molecular complexity index is 375. The van der Waals surface area contributed by atoms with Crippen molar-refractivity contribution in [3.63, 3.8) is 0 Å². The Morgan fingerprint density at radius 1 is 1.13 bits per heavy atom. The van der Waals surface area contributed by atoms with Crippen molar-refractivity contribution >= 4 is 0 Å². The monoisotopic (exact) mass is 204 g/mol. The van der Waals surface area contributed by atoms with E-state index in [1.54, 1.807) is 0 Å². The number of ether oxygens (including phenoxy) is 2. The smallest absolute Gasteiger partial charge is 0.155 e. The van der Waals surface area contributed by atoms with Crippen molar-refractivity contribution < 1.29 is 9.47 Å². The van der Waals surface area contributed by atoms with Crippen molar-refractivity contribution in [1.82, 2.24) is 0 Å². The molecule has 4 atom stereocenters. The molecule has 80 valence electrons. The average Bonchev–Trinajstić information content (AvgIpc) is 2.54. The summed E-state index contributed by atoms with van der Waals surface area (Å²) in [7, 11) is 0. The number of benzene rings is 1. The summed E-state index contributed by atoms with van der Waals surface area (Å²) in [6.07, 6.45) is 1.57. The van der Waals surface area contributed by atoms with Gasteiger partial charge in [0.05, 0.1) is 12.2 Å². The van der Waals surface area contributed by atoms with Gasteiger partial charge in [-0.1, -0.05) is 24.3 Å². The zero-order valence-electron chi connectivity index (χ0n) is 9.14. The molecule has 1 aromatic carbocycles. The molecule has 0 N–H and O–H groups in total. The molecule has 0 bridgehead atoms. The second-order valence-electron chi connectivity index (χ2n) is 4.51. The van der Waals surface area contributed by atoms with E-state index in [-0.39, 0.29) is 12.4 Å². The zero-order chi connectivity index (χ0) is 10.4. The second-order valence-corrected chi connectivity index (χ2v) is 4.51. The molecular weight excluding hydrogens is 188 g/mol. The highest BCUT2D eigenvalue weighted by Crippen LogP contribution is 2.41. The van der Waals surface area contributed by atoms with Crippen LogP contribution in [0.25, 0.3) is 0 Å². The molecule has 0 amide bonds. The van der Waals surface area contributed by atoms with Crippen LogP contribution in [0.3, 0.4) is 0 Å². The molecule has 2 aliphatic rings. The van der Waals surface area contributed by atoms with Crippen molar-refractivity contribution in [1.29, 1.82) is 0 Å². The minimum Gasteiger partial charge on any atom is -0.349 e. The summed E-state index contributed by atoms with van der Waals surface area (Å²) in [5.74, 6) is 0.428. The van der Waals surface area contributed by atoms with E-state index in [4.69, 9.17) is 9.47 Å². The van der Waals surface area contributed by atoms with Crippen LogP contribution in [0.2, 0.25) is 0 Å². The van der Waals surface area contributed by atoms with Crippen LogP contribution in [0.15, 0.2) is 24.3 Å². The molecule has 1 aliphatic carbocycles. The Balaban J connectivity index is 1.99. The normalized spacial score (nSPS) is 38.5. The molecule has 2 heteroatoms. The Labute approximate surface area is 90.2 Å². The van der Waals surface area contributed by atoms with E-state index in [1.165, 1.54) is 11.1 Å². The topological polar surface area (TPSA) is 18.5 Å². The van der Waals surface area contributed by atoms with E-state index in [0.29, 0.717) is 12.0 Å². The highest BCUT2D eigenvalue weighted by atomic mass is 16.7. The van der Waals surface area contributed by atoms with Gasteiger partial charge < -0.3 is 9.47 Å². The van der Waals surface area contributed by atoms with Gasteiger partial charge >= 0.3 is 0 Å². The molecule has 4 unspecified atom stereocenters. The van der Waals surface area contributed by atoms with E-state index in [1.807, 2.05) is 6.92 Å². The zero-order valence-corrected chi connectivity index (χ0v) is 9.14. The standard InChI is InChI=1S/C13H16O2/c1-8-13-11-6-4-3-5-10(11)7-12(13)15-9(2)14-8/h3-6,8-9,12-13H,7H2,1-2H3. The maximum Gasteiger partial charge on any atom is 0.155 e. The van der Waals surface area contributed by atoms with E-state index in [0.717, 1.165) is 6.42 Å². The van der Waals surface area contributed by atoms with Gasteiger partial charge in [0, 0.05) is 5.92 Å². The Morgan fingerprint density at radius 2 is 1.93 bits per heavy atom. The minimum atomic E-state index is -0.0597. The van der Waals surface area contributed by atoms with Crippen LogP contribution in [0, 0.1) is 0 Å². The fraction of sp³-hybridized carbons (Fsp3) is 0.538. The maximum atomic E-state index is 5.84. The van der Waals surface area contributed by atoms with Gasteiger partial charge in [-0.15, -0.1) is 0 Å². The molecule has 0 saturated carbocycles. The van der Waals surface area contributed by atoms with Crippen LogP contribution in [0.1, 0.15) is 30.9 Å². The van der Waals surface area contributed by atoms with Crippen LogP contribution in [0.4, 0.5) is 0 Å². The van der Waals surface area contributed by atoms with Crippen molar-refractivity contribution in [3.05, 3.63) is 35.4 Å². The summed E-state index contributed by atoms with van der Waals surface area (Å²) in [6.45, 7) is 4.13. The fourth-order valence-corrected chi connectivity index (χ4v) is 2.94. The van der Waals surface area contributed by atoms with Gasteiger partial charge in [-0.25, -0.2) is 0 Å². The lowest BCUT2D eigenvalue weighted by atomic mass is 9.93. The third-order valence-corrected chi connectivity index (χ3v) is 3.51. The van der Waals surface area contributed by atoms with Crippen LogP contribution >= 0.6 is 0 Å². The maximum absolute atomic E-state index is 5.84. The van der Waals surface area contributed by atoms with Crippen LogP contribution in [0.5, 0.6) is 0 Å². The SMILES string of the molecule is CC1OC(C)C2c3ccccc3CC2O1. The third kappa shape index (κ3) is 1.40. The molecule has 0 spiro atoms. The van der Waals surface area contributed by atoms with Gasteiger partial charge in [0.25, 0.3) is 0 Å². The summed E-state index contributed by atoms with van der Waals surface area (Å²) < 4.78 is 11.6. The van der Waals surface area contributed by atoms with E-state index in [9.17, 15) is 0 Å². The Hall–Kier alpha value is -0.860. The largest absolute Gasteiger partial charge is 0.349 e. The average molecular weight is 204 g/mol. The van der Waals surface area contributed by atoms with Crippen molar-refractivity contribution in [2.45, 2.75) is 44.7 Å². The Morgan fingerprint density at radius 3 is 2.80 bits per heavy atom. The molecule has 0 aromatic heterocycles. The number of rotatable bonds is 0. The van der Waals surface area contributed by atoms with Crippen molar-refractivity contribution in [2.75, 3.05) is 0 Å². The first-order valence-electron chi connectivity index (χ1n) is 5.64. The fourth-order valence-electron chi connectivity index (χ4n) is 2.94. The lowest BCUT2D eigenvalue weighted by molar-refractivity contribution is -0.235. The van der Waals surface area contributed by atoms with Gasteiger partial charge in [0.15, 0.2) is 6.29 Å². The van der Waals surface area contributed by atoms with Gasteiger partial charge in [0.2, 0.25) is 0 Å². The molecule has 2 nitrogen and oxygen atoms in total. The second kappa shape index (κ2) is 3.32. The first kappa shape index (κ1) is 9.37. The molecule has 0 radical (unpaired) electrons. The van der Waals surface area contributed by atoms with Crippen molar-refractivity contribution in [3.8, 4) is 0 Å². The molecule has 15 heavy (non-hydrogen) atoms. The van der Waals surface area contributed by atoms with Crippen LogP contribution < -0.4 is 0 Å². The van der Waals surface area contributed by atoms with Gasteiger partial charge in [-0.2, -0.15) is 0 Å². The summed E-state index contributed by atoms with van der Waals surface area (Å²) in [4.78, 5) is 0.